The van der Waals surface area contributed by atoms with Gasteiger partial charge in [0.1, 0.15) is 18.6 Å². The molecule has 0 fully saturated rings. The Morgan fingerprint density at radius 1 is 0.800 bits per heavy atom. The molecule has 2 N–H and O–H groups in total. The smallest absolute Gasteiger partial charge is 0.316 e. The van der Waals surface area contributed by atoms with E-state index in [2.05, 4.69) is 0 Å². The number of hydrogen-bond donors (Lipinski definition) is 2. The predicted molar refractivity (Wildman–Crippen MR) is 87.9 cm³/mol. The van der Waals surface area contributed by atoms with E-state index in [4.69, 9.17) is 14.6 Å². The van der Waals surface area contributed by atoms with E-state index in [-0.39, 0.29) is 38.9 Å². The van der Waals surface area contributed by atoms with Crippen LogP contribution in [0.1, 0.15) is 65.2 Å². The van der Waals surface area contributed by atoms with E-state index in [1.54, 1.807) is 13.8 Å². The molecule has 0 atom stereocenters. The van der Waals surface area contributed by atoms with Crippen LogP contribution in [0.2, 0.25) is 0 Å². The summed E-state index contributed by atoms with van der Waals surface area (Å²) in [5, 5.41) is 18.2. The van der Waals surface area contributed by atoms with Crippen molar-refractivity contribution in [2.45, 2.75) is 65.2 Å². The largest absolute Gasteiger partial charge is 0.481 e. The molecule has 0 spiro atoms. The Morgan fingerprint density at radius 3 is 1.68 bits per heavy atom. The van der Waals surface area contributed by atoms with Gasteiger partial charge in [0.25, 0.3) is 0 Å². The highest BCUT2D eigenvalue weighted by atomic mass is 16.6. The second-order valence-electron chi connectivity index (χ2n) is 5.92. The maximum atomic E-state index is 11.8. The number of esters is 2. The Labute approximate surface area is 147 Å². The minimum absolute atomic E-state index is 0.0757. The van der Waals surface area contributed by atoms with E-state index in [0.29, 0.717) is 25.7 Å². The number of rotatable bonds is 14. The van der Waals surface area contributed by atoms with Gasteiger partial charge < -0.3 is 19.7 Å². The lowest BCUT2D eigenvalue weighted by Gasteiger charge is -2.28. The summed E-state index contributed by atoms with van der Waals surface area (Å²) < 4.78 is 10.0. The van der Waals surface area contributed by atoms with Gasteiger partial charge in [-0.05, 0) is 12.8 Å². The molecule has 0 heterocycles. The minimum Gasteiger partial charge on any atom is -0.481 e. The zero-order valence-corrected chi connectivity index (χ0v) is 14.9. The number of carboxylic acids is 2. The Hall–Kier alpha value is -2.12. The molecule has 0 radical (unpaired) electrons. The standard InChI is InChI=1S/C17H28O8/c1-3-14(20)24-11-17(16(22)23,12-25-15(21)4-2)10-8-6-5-7-9-13(18)19/h3-12H2,1-2H3,(H,18,19)(H,22,23). The van der Waals surface area contributed by atoms with Crippen LogP contribution < -0.4 is 0 Å². The molecule has 0 aliphatic carbocycles. The Balaban J connectivity index is 4.75. The van der Waals surface area contributed by atoms with Crippen LogP contribution in [0, 0.1) is 5.41 Å². The fraction of sp³-hybridized carbons (Fsp3) is 0.765. The quantitative estimate of drug-likeness (QED) is 0.357. The zero-order valence-electron chi connectivity index (χ0n) is 14.9. The third-order valence-corrected chi connectivity index (χ3v) is 3.85. The van der Waals surface area contributed by atoms with Gasteiger partial charge >= 0.3 is 23.9 Å². The molecule has 0 aliphatic heterocycles. The van der Waals surface area contributed by atoms with Gasteiger partial charge in [-0.2, -0.15) is 0 Å². The van der Waals surface area contributed by atoms with Crippen molar-refractivity contribution in [3.05, 3.63) is 0 Å². The van der Waals surface area contributed by atoms with Crippen LogP contribution in [0.5, 0.6) is 0 Å². The van der Waals surface area contributed by atoms with E-state index >= 15 is 0 Å². The highest BCUT2D eigenvalue weighted by molar-refractivity contribution is 5.77. The summed E-state index contributed by atoms with van der Waals surface area (Å²) in [7, 11) is 0. The van der Waals surface area contributed by atoms with Crippen LogP contribution in [0.3, 0.4) is 0 Å². The molecule has 0 bridgehead atoms. The van der Waals surface area contributed by atoms with Gasteiger partial charge in [-0.15, -0.1) is 0 Å². The lowest BCUT2D eigenvalue weighted by Crippen LogP contribution is -2.41. The van der Waals surface area contributed by atoms with Crippen LogP contribution in [0.25, 0.3) is 0 Å². The topological polar surface area (TPSA) is 127 Å². The molecule has 144 valence electrons. The Morgan fingerprint density at radius 2 is 1.28 bits per heavy atom. The number of aliphatic carboxylic acids is 2. The summed E-state index contributed by atoms with van der Waals surface area (Å²) in [5.41, 5.74) is -1.48. The second-order valence-corrected chi connectivity index (χ2v) is 5.92. The minimum atomic E-state index is -1.48. The number of carbonyl (C=O) groups is 4. The third-order valence-electron chi connectivity index (χ3n) is 3.85. The van der Waals surface area contributed by atoms with Crippen molar-refractivity contribution in [2.24, 2.45) is 5.41 Å². The summed E-state index contributed by atoms with van der Waals surface area (Å²) in [6.07, 6.45) is 2.82. The van der Waals surface area contributed by atoms with Crippen molar-refractivity contribution in [1.29, 1.82) is 0 Å². The summed E-state index contributed by atoms with van der Waals surface area (Å²) in [4.78, 5) is 45.0. The average Bonchev–Trinajstić information content (AvgIpc) is 2.58. The molecule has 0 rings (SSSR count). The van der Waals surface area contributed by atoms with Gasteiger partial charge in [-0.1, -0.05) is 33.1 Å². The second kappa shape index (κ2) is 12.3. The summed E-state index contributed by atoms with van der Waals surface area (Å²) >= 11 is 0. The monoisotopic (exact) mass is 360 g/mol. The fourth-order valence-corrected chi connectivity index (χ4v) is 2.15. The van der Waals surface area contributed by atoms with E-state index in [9.17, 15) is 24.3 Å². The molecule has 8 heteroatoms. The van der Waals surface area contributed by atoms with Gasteiger partial charge in [0.2, 0.25) is 0 Å². The number of ether oxygens (including phenoxy) is 2. The maximum Gasteiger partial charge on any atom is 0.316 e. The van der Waals surface area contributed by atoms with Gasteiger partial charge in [0.05, 0.1) is 0 Å². The van der Waals surface area contributed by atoms with Crippen molar-refractivity contribution in [2.75, 3.05) is 13.2 Å². The molecule has 0 aromatic rings. The fourth-order valence-electron chi connectivity index (χ4n) is 2.15. The first-order valence-electron chi connectivity index (χ1n) is 8.53. The molecular weight excluding hydrogens is 332 g/mol. The molecule has 8 nitrogen and oxygen atoms in total. The average molecular weight is 360 g/mol. The van der Waals surface area contributed by atoms with E-state index in [1.165, 1.54) is 0 Å². The van der Waals surface area contributed by atoms with E-state index in [1.807, 2.05) is 0 Å². The lowest BCUT2D eigenvalue weighted by atomic mass is 9.84. The first-order valence-corrected chi connectivity index (χ1v) is 8.53. The first-order chi connectivity index (χ1) is 11.8. The van der Waals surface area contributed by atoms with Gasteiger partial charge in [-0.25, -0.2) is 0 Å². The molecule has 25 heavy (non-hydrogen) atoms. The van der Waals surface area contributed by atoms with Crippen molar-refractivity contribution < 1.29 is 38.9 Å². The highest BCUT2D eigenvalue weighted by Gasteiger charge is 2.41. The molecular formula is C17H28O8. The van der Waals surface area contributed by atoms with Crippen molar-refractivity contribution in [1.82, 2.24) is 0 Å². The molecule has 0 aliphatic rings. The summed E-state index contributed by atoms with van der Waals surface area (Å²) in [5.74, 6) is -3.09. The van der Waals surface area contributed by atoms with Crippen LogP contribution in [0.15, 0.2) is 0 Å². The summed E-state index contributed by atoms with van der Waals surface area (Å²) in [6.45, 7) is 2.48. The number of hydrogen-bond acceptors (Lipinski definition) is 6. The Kier molecular flexibility index (Phi) is 11.2. The number of carboxylic acid groups (broad SMARTS) is 2. The molecule has 0 unspecified atom stereocenters. The van der Waals surface area contributed by atoms with E-state index < -0.39 is 29.3 Å². The first kappa shape index (κ1) is 22.9. The van der Waals surface area contributed by atoms with Crippen molar-refractivity contribution >= 4 is 23.9 Å². The normalized spacial score (nSPS) is 11.0. The highest BCUT2D eigenvalue weighted by Crippen LogP contribution is 2.28. The van der Waals surface area contributed by atoms with Gasteiger partial charge in [0.15, 0.2) is 0 Å². The van der Waals surface area contributed by atoms with E-state index in [0.717, 1.165) is 0 Å². The van der Waals surface area contributed by atoms with Crippen molar-refractivity contribution in [3.8, 4) is 0 Å². The van der Waals surface area contributed by atoms with Crippen molar-refractivity contribution in [3.63, 3.8) is 0 Å². The van der Waals surface area contributed by atoms with Crippen LogP contribution in [-0.2, 0) is 28.7 Å². The summed E-state index contributed by atoms with van der Waals surface area (Å²) in [6, 6.07) is 0. The van der Waals surface area contributed by atoms with Crippen LogP contribution >= 0.6 is 0 Å². The zero-order chi connectivity index (χ0) is 19.3. The molecule has 0 aromatic heterocycles. The lowest BCUT2D eigenvalue weighted by molar-refractivity contribution is -0.168. The Bertz CT molecular complexity index is 438. The third kappa shape index (κ3) is 9.69. The maximum absolute atomic E-state index is 11.8. The molecule has 0 aromatic carbocycles. The molecule has 0 saturated heterocycles. The number of unbranched alkanes of at least 4 members (excludes halogenated alkanes) is 3. The predicted octanol–water partition coefficient (Wildman–Crippen LogP) is 2.39. The molecule has 0 amide bonds. The SMILES string of the molecule is CCC(=O)OCC(CCCCCCC(=O)O)(COC(=O)CC)C(=O)O. The van der Waals surface area contributed by atoms with Crippen LogP contribution in [0.4, 0.5) is 0 Å². The van der Waals surface area contributed by atoms with Crippen LogP contribution in [-0.4, -0.2) is 47.3 Å². The van der Waals surface area contributed by atoms with Gasteiger partial charge in [-0.3, -0.25) is 19.2 Å². The van der Waals surface area contributed by atoms with Gasteiger partial charge in [0, 0.05) is 19.3 Å². The molecule has 0 saturated carbocycles. The number of carbonyl (C=O) groups excluding carboxylic acids is 2.